The van der Waals surface area contributed by atoms with Crippen LogP contribution in [-0.4, -0.2) is 31.7 Å². The summed E-state index contributed by atoms with van der Waals surface area (Å²) in [6, 6.07) is 4.19. The second kappa shape index (κ2) is 5.88. The van der Waals surface area contributed by atoms with Crippen LogP contribution in [0.1, 0.15) is 30.7 Å². The van der Waals surface area contributed by atoms with Gasteiger partial charge in [-0.05, 0) is 51.8 Å². The van der Waals surface area contributed by atoms with Crippen molar-refractivity contribution in [3.8, 4) is 0 Å². The maximum atomic E-state index is 11.9. The van der Waals surface area contributed by atoms with Gasteiger partial charge in [0.15, 0.2) is 0 Å². The molecular formula is C13H21N3O2S. The second-order valence-corrected chi connectivity index (χ2v) is 6.93. The number of hydrogen-bond acceptors (Lipinski definition) is 4. The summed E-state index contributed by atoms with van der Waals surface area (Å²) in [6.07, 6.45) is 3.07. The molecule has 1 aliphatic carbocycles. The number of hydrogen-bond donors (Lipinski definition) is 2. The molecule has 1 aromatic rings. The molecule has 0 amide bonds. The van der Waals surface area contributed by atoms with Crippen molar-refractivity contribution in [2.75, 3.05) is 17.0 Å². The number of pyridine rings is 1. The number of anilines is 1. The molecule has 0 aromatic carbocycles. The van der Waals surface area contributed by atoms with E-state index in [4.69, 9.17) is 0 Å². The fraction of sp³-hybridized carbons (Fsp3) is 0.615. The van der Waals surface area contributed by atoms with E-state index in [1.54, 1.807) is 19.1 Å². The Morgan fingerprint density at radius 3 is 2.68 bits per heavy atom. The standard InChI is InChI=1S/C13H21N3O2S/c1-10-4-7-13(11(2)15-10)16-19(17,18)9-3-8-14-12-5-6-12/h4,7,12,14,16H,3,5-6,8-9H2,1-2H3. The second-order valence-electron chi connectivity index (χ2n) is 5.09. The van der Waals surface area contributed by atoms with Gasteiger partial charge >= 0.3 is 0 Å². The van der Waals surface area contributed by atoms with Crippen LogP contribution in [0.2, 0.25) is 0 Å². The Balaban J connectivity index is 1.84. The first-order chi connectivity index (χ1) is 8.96. The minimum atomic E-state index is -3.28. The van der Waals surface area contributed by atoms with E-state index in [2.05, 4.69) is 15.0 Å². The molecular weight excluding hydrogens is 262 g/mol. The number of rotatable bonds is 7. The maximum Gasteiger partial charge on any atom is 0.232 e. The SMILES string of the molecule is Cc1ccc(NS(=O)(=O)CCCNC2CC2)c(C)n1. The third-order valence-corrected chi connectivity index (χ3v) is 4.45. The molecule has 1 aromatic heterocycles. The van der Waals surface area contributed by atoms with Gasteiger partial charge in [-0.2, -0.15) is 0 Å². The number of nitrogens with zero attached hydrogens (tertiary/aromatic N) is 1. The molecule has 0 spiro atoms. The predicted molar refractivity (Wildman–Crippen MR) is 76.8 cm³/mol. The van der Waals surface area contributed by atoms with Crippen LogP contribution in [0.5, 0.6) is 0 Å². The number of aromatic nitrogens is 1. The Labute approximate surface area is 114 Å². The number of nitrogens with one attached hydrogen (secondary N) is 2. The highest BCUT2D eigenvalue weighted by atomic mass is 32.2. The van der Waals surface area contributed by atoms with E-state index >= 15 is 0 Å². The smallest absolute Gasteiger partial charge is 0.232 e. The Morgan fingerprint density at radius 1 is 1.32 bits per heavy atom. The van der Waals surface area contributed by atoms with Gasteiger partial charge in [-0.15, -0.1) is 0 Å². The van der Waals surface area contributed by atoms with Gasteiger partial charge in [-0.1, -0.05) is 0 Å². The van der Waals surface area contributed by atoms with Crippen molar-refractivity contribution in [2.45, 2.75) is 39.2 Å². The Morgan fingerprint density at radius 2 is 2.05 bits per heavy atom. The van der Waals surface area contributed by atoms with Crippen LogP contribution in [0.25, 0.3) is 0 Å². The Kier molecular flexibility index (Phi) is 4.42. The van der Waals surface area contributed by atoms with Crippen LogP contribution < -0.4 is 10.0 Å². The van der Waals surface area contributed by atoms with Gasteiger partial charge in [0.1, 0.15) is 0 Å². The van der Waals surface area contributed by atoms with Crippen LogP contribution in [0, 0.1) is 13.8 Å². The monoisotopic (exact) mass is 283 g/mol. The highest BCUT2D eigenvalue weighted by Crippen LogP contribution is 2.18. The van der Waals surface area contributed by atoms with E-state index in [9.17, 15) is 8.42 Å². The van der Waals surface area contributed by atoms with Crippen molar-refractivity contribution in [3.05, 3.63) is 23.5 Å². The van der Waals surface area contributed by atoms with Gasteiger partial charge in [-0.25, -0.2) is 8.42 Å². The van der Waals surface area contributed by atoms with Gasteiger partial charge in [0.2, 0.25) is 10.0 Å². The van der Waals surface area contributed by atoms with Crippen molar-refractivity contribution in [3.63, 3.8) is 0 Å². The minimum absolute atomic E-state index is 0.139. The summed E-state index contributed by atoms with van der Waals surface area (Å²) in [5.74, 6) is 0.139. The molecule has 0 radical (unpaired) electrons. The van der Waals surface area contributed by atoms with Crippen LogP contribution in [-0.2, 0) is 10.0 Å². The van der Waals surface area contributed by atoms with E-state index in [-0.39, 0.29) is 5.75 Å². The zero-order chi connectivity index (χ0) is 13.9. The highest BCUT2D eigenvalue weighted by Gasteiger charge is 2.20. The predicted octanol–water partition coefficient (Wildman–Crippen LogP) is 1.58. The van der Waals surface area contributed by atoms with Crippen LogP contribution in [0.3, 0.4) is 0 Å². The fourth-order valence-corrected chi connectivity index (χ4v) is 3.05. The zero-order valence-corrected chi connectivity index (χ0v) is 12.3. The van der Waals surface area contributed by atoms with Crippen LogP contribution in [0.15, 0.2) is 12.1 Å². The van der Waals surface area contributed by atoms with Gasteiger partial charge in [0.25, 0.3) is 0 Å². The van der Waals surface area contributed by atoms with Crippen molar-refractivity contribution in [1.29, 1.82) is 0 Å². The van der Waals surface area contributed by atoms with Crippen LogP contribution >= 0.6 is 0 Å². The molecule has 0 atom stereocenters. The van der Waals surface area contributed by atoms with E-state index in [1.165, 1.54) is 12.8 Å². The van der Waals surface area contributed by atoms with Gasteiger partial charge in [0, 0.05) is 11.7 Å². The third-order valence-electron chi connectivity index (χ3n) is 3.09. The molecule has 1 aliphatic rings. The van der Waals surface area contributed by atoms with Crippen LogP contribution in [0.4, 0.5) is 5.69 Å². The molecule has 0 aliphatic heterocycles. The molecule has 0 bridgehead atoms. The first-order valence-electron chi connectivity index (χ1n) is 6.64. The molecule has 106 valence electrons. The molecule has 0 saturated heterocycles. The fourth-order valence-electron chi connectivity index (χ4n) is 1.87. The normalized spacial score (nSPS) is 15.5. The molecule has 2 rings (SSSR count). The minimum Gasteiger partial charge on any atom is -0.314 e. The molecule has 5 nitrogen and oxygen atoms in total. The first-order valence-corrected chi connectivity index (χ1v) is 8.30. The third kappa shape index (κ3) is 4.80. The molecule has 1 saturated carbocycles. The topological polar surface area (TPSA) is 71.1 Å². The summed E-state index contributed by atoms with van der Waals surface area (Å²) in [5.41, 5.74) is 2.16. The average Bonchev–Trinajstić information content (AvgIpc) is 3.12. The van der Waals surface area contributed by atoms with E-state index in [1.807, 2.05) is 6.92 Å². The van der Waals surface area contributed by atoms with E-state index in [0.717, 1.165) is 12.2 Å². The first kappa shape index (κ1) is 14.3. The highest BCUT2D eigenvalue weighted by molar-refractivity contribution is 7.92. The van der Waals surface area contributed by atoms with E-state index < -0.39 is 10.0 Å². The largest absolute Gasteiger partial charge is 0.314 e. The lowest BCUT2D eigenvalue weighted by molar-refractivity contribution is 0.593. The lowest BCUT2D eigenvalue weighted by atomic mass is 10.3. The molecule has 1 heterocycles. The summed E-state index contributed by atoms with van der Waals surface area (Å²) in [4.78, 5) is 4.25. The number of aryl methyl sites for hydroxylation is 2. The summed E-state index contributed by atoms with van der Waals surface area (Å²) in [5, 5.41) is 3.31. The lowest BCUT2D eigenvalue weighted by Crippen LogP contribution is -2.23. The van der Waals surface area contributed by atoms with Gasteiger partial charge < -0.3 is 5.32 Å². The lowest BCUT2D eigenvalue weighted by Gasteiger charge is -2.10. The Bertz CT molecular complexity index is 539. The van der Waals surface area contributed by atoms with Crippen molar-refractivity contribution in [2.24, 2.45) is 0 Å². The van der Waals surface area contributed by atoms with Gasteiger partial charge in [0.05, 0.1) is 17.1 Å². The molecule has 6 heteroatoms. The van der Waals surface area contributed by atoms with Crippen molar-refractivity contribution in [1.82, 2.24) is 10.3 Å². The van der Waals surface area contributed by atoms with E-state index in [0.29, 0.717) is 23.8 Å². The summed E-state index contributed by atoms with van der Waals surface area (Å²) in [7, 11) is -3.28. The van der Waals surface area contributed by atoms with Crippen molar-refractivity contribution >= 4 is 15.7 Å². The molecule has 19 heavy (non-hydrogen) atoms. The summed E-state index contributed by atoms with van der Waals surface area (Å²) in [6.45, 7) is 4.45. The molecule has 2 N–H and O–H groups in total. The maximum absolute atomic E-state index is 11.9. The van der Waals surface area contributed by atoms with Gasteiger partial charge in [-0.3, -0.25) is 9.71 Å². The quantitative estimate of drug-likeness (QED) is 0.745. The average molecular weight is 283 g/mol. The summed E-state index contributed by atoms with van der Waals surface area (Å²) >= 11 is 0. The number of sulfonamides is 1. The zero-order valence-electron chi connectivity index (χ0n) is 11.4. The summed E-state index contributed by atoms with van der Waals surface area (Å²) < 4.78 is 26.5. The molecule has 0 unspecified atom stereocenters. The Hall–Kier alpha value is -1.14. The van der Waals surface area contributed by atoms with Crippen molar-refractivity contribution < 1.29 is 8.42 Å². The molecule has 1 fully saturated rings.